The van der Waals surface area contributed by atoms with Gasteiger partial charge in [0.2, 0.25) is 5.16 Å². The topological polar surface area (TPSA) is 84.3 Å². The molecule has 0 fully saturated rings. The monoisotopic (exact) mass is 102 g/mol. The molecule has 0 aromatic heterocycles. The average molecular weight is 102 g/mol. The summed E-state index contributed by atoms with van der Waals surface area (Å²) in [4.78, 5) is 1.50. The molecule has 0 saturated carbocycles. The van der Waals surface area contributed by atoms with E-state index >= 15 is 0 Å². The second-order valence-corrected chi connectivity index (χ2v) is 0.443. The van der Waals surface area contributed by atoms with Crippen LogP contribution in [0.1, 0.15) is 0 Å². The van der Waals surface area contributed by atoms with Crippen LogP contribution in [0.25, 0.3) is 16.0 Å². The van der Waals surface area contributed by atoms with E-state index < -0.39 is 0 Å². The van der Waals surface area contributed by atoms with E-state index in [1.54, 1.807) is 0 Å². The van der Waals surface area contributed by atoms with Crippen molar-refractivity contribution in [2.75, 3.05) is 0 Å². The molecule has 0 aromatic carbocycles. The van der Waals surface area contributed by atoms with Crippen LogP contribution < -0.4 is 5.41 Å². The number of nitrogens with zero attached hydrogens (tertiary/aromatic N) is 3. The summed E-state index contributed by atoms with van der Waals surface area (Å²) in [7, 11) is 0. The molecular formula is CH2N4S. The van der Waals surface area contributed by atoms with Gasteiger partial charge in [-0.3, -0.25) is 4.91 Å². The minimum atomic E-state index is 1.50. The van der Waals surface area contributed by atoms with Crippen molar-refractivity contribution in [3.05, 3.63) is 16.0 Å². The molecule has 0 rings (SSSR count). The van der Waals surface area contributed by atoms with Crippen LogP contribution >= 0.6 is 12.2 Å². The Morgan fingerprint density at radius 2 is 1.67 bits per heavy atom. The van der Waals surface area contributed by atoms with Gasteiger partial charge in [-0.25, -0.2) is 5.41 Å². The standard InChI is InChI=1S/CHNS.N3/c2-1-3;1-3-2/h2H;/q;-1/p+1. The van der Waals surface area contributed by atoms with E-state index in [4.69, 9.17) is 11.1 Å². The summed E-state index contributed by atoms with van der Waals surface area (Å²) >= 11 is 3.92. The fourth-order valence-corrected chi connectivity index (χ4v) is 0. The molecule has 2 N–H and O–H groups in total. The molecule has 0 unspecified atom stereocenters. The summed E-state index contributed by atoms with van der Waals surface area (Å²) in [6, 6.07) is 0. The van der Waals surface area contributed by atoms with E-state index in [-0.39, 0.29) is 0 Å². The molecule has 5 heteroatoms. The van der Waals surface area contributed by atoms with Gasteiger partial charge in [-0.05, 0) is 0 Å². The molecule has 0 saturated heterocycles. The fourth-order valence-electron chi connectivity index (χ4n) is 0. The van der Waals surface area contributed by atoms with Crippen molar-refractivity contribution in [1.82, 2.24) is 0 Å². The van der Waals surface area contributed by atoms with E-state index in [2.05, 4.69) is 17.6 Å². The maximum absolute atomic E-state index is 6.75. The summed E-state index contributed by atoms with van der Waals surface area (Å²) in [6.45, 7) is 0. The molecule has 0 aliphatic heterocycles. The smallest absolute Gasteiger partial charge is 0.245 e. The molecule has 0 spiro atoms. The van der Waals surface area contributed by atoms with Gasteiger partial charge in [0.15, 0.2) is 0 Å². The van der Waals surface area contributed by atoms with Crippen molar-refractivity contribution >= 4 is 17.4 Å². The number of isothiocyanates is 1. The quantitative estimate of drug-likeness (QED) is 0.147. The van der Waals surface area contributed by atoms with E-state index in [1.165, 1.54) is 4.91 Å². The molecule has 0 amide bonds. The molecule has 4 nitrogen and oxygen atoms in total. The Balaban J connectivity index is 0. The maximum Gasteiger partial charge on any atom is 0.245 e. The Labute approximate surface area is 39.7 Å². The van der Waals surface area contributed by atoms with Gasteiger partial charge in [0, 0.05) is 12.2 Å². The van der Waals surface area contributed by atoms with Crippen molar-refractivity contribution in [2.45, 2.75) is 0 Å². The number of nitrogens with two attached hydrogens (primary N) is 1. The first-order chi connectivity index (χ1) is 2.83. The van der Waals surface area contributed by atoms with E-state index in [9.17, 15) is 0 Å². The van der Waals surface area contributed by atoms with Gasteiger partial charge in [0.25, 0.3) is 0 Å². The molecule has 0 aromatic rings. The van der Waals surface area contributed by atoms with Gasteiger partial charge in [-0.1, -0.05) is 0 Å². The molecule has 0 aliphatic carbocycles. The minimum absolute atomic E-state index is 1.50. The number of rotatable bonds is 0. The lowest BCUT2D eigenvalue weighted by Gasteiger charge is -1.31. The van der Waals surface area contributed by atoms with Crippen molar-refractivity contribution in [2.24, 2.45) is 0 Å². The normalized spacial score (nSPS) is 2.67. The first-order valence-corrected chi connectivity index (χ1v) is 1.30. The van der Waals surface area contributed by atoms with Crippen LogP contribution in [0.15, 0.2) is 0 Å². The molecule has 0 bridgehead atoms. The zero-order valence-electron chi connectivity index (χ0n) is 2.83. The Bertz CT molecular complexity index is 61.5. The van der Waals surface area contributed by atoms with Crippen molar-refractivity contribution in [1.29, 1.82) is 0 Å². The highest BCUT2D eigenvalue weighted by Gasteiger charge is 1.10. The molecule has 0 aliphatic rings. The molecule has 6 heavy (non-hydrogen) atoms. The Hall–Kier alpha value is -0.890. The summed E-state index contributed by atoms with van der Waals surface area (Å²) in [5, 5.41) is 6.25. The third kappa shape index (κ3) is 17.5. The van der Waals surface area contributed by atoms with Crippen LogP contribution in [-0.2, 0) is 0 Å². The lowest BCUT2D eigenvalue weighted by atomic mass is 11.8. The van der Waals surface area contributed by atoms with Gasteiger partial charge >= 0.3 is 0 Å². The molecule has 0 radical (unpaired) electrons. The van der Waals surface area contributed by atoms with E-state index in [0.717, 1.165) is 0 Å². The highest BCUT2D eigenvalue weighted by atomic mass is 32.1. The predicted molar refractivity (Wildman–Crippen MR) is 24.6 cm³/mol. The first kappa shape index (κ1) is 8.92. The zero-order valence-corrected chi connectivity index (χ0v) is 3.64. The minimum Gasteiger partial charge on any atom is -0.373 e. The second kappa shape index (κ2) is 32.3. The average Bonchev–Trinajstić information content (AvgIpc) is 1.39. The van der Waals surface area contributed by atoms with Gasteiger partial charge in [-0.15, -0.1) is 0 Å². The van der Waals surface area contributed by atoms with Crippen LogP contribution in [0, 0.1) is 0 Å². The second-order valence-electron chi connectivity index (χ2n) is 0.207. The van der Waals surface area contributed by atoms with Crippen LogP contribution in [0.3, 0.4) is 0 Å². The van der Waals surface area contributed by atoms with Crippen LogP contribution in [-0.4, -0.2) is 5.16 Å². The van der Waals surface area contributed by atoms with Gasteiger partial charge in [0.1, 0.15) is 0 Å². The van der Waals surface area contributed by atoms with Gasteiger partial charge < -0.3 is 11.1 Å². The Morgan fingerprint density at radius 1 is 1.67 bits per heavy atom. The highest BCUT2D eigenvalue weighted by molar-refractivity contribution is 7.78. The summed E-state index contributed by atoms with van der Waals surface area (Å²) in [5.41, 5.74) is 13.5. The van der Waals surface area contributed by atoms with Crippen LogP contribution in [0.4, 0.5) is 0 Å². The Morgan fingerprint density at radius 3 is 1.67 bits per heavy atom. The lowest BCUT2D eigenvalue weighted by Crippen LogP contribution is -2.23. The Kier molecular flexibility index (Phi) is 48.0. The maximum atomic E-state index is 6.75. The van der Waals surface area contributed by atoms with E-state index in [1.807, 2.05) is 5.16 Å². The SMILES string of the molecule is [N-]=[N+]=[N-].[NH2+]=C=S. The number of thiocarbonyl (C=S) groups is 1. The third-order valence-corrected chi connectivity index (χ3v) is 0. The largest absolute Gasteiger partial charge is 0.373 e. The molecule has 32 valence electrons. The van der Waals surface area contributed by atoms with Gasteiger partial charge in [-0.2, -0.15) is 0 Å². The number of hydrogen-bond donors (Lipinski definition) is 1. The predicted octanol–water partition coefficient (Wildman–Crippen LogP) is -0.286. The molecule has 0 heterocycles. The number of hydrogen-bond acceptors (Lipinski definition) is 1. The summed E-state index contributed by atoms with van der Waals surface area (Å²) in [5.74, 6) is 0. The van der Waals surface area contributed by atoms with Crippen molar-refractivity contribution < 1.29 is 5.41 Å². The summed E-state index contributed by atoms with van der Waals surface area (Å²) < 4.78 is 0. The van der Waals surface area contributed by atoms with Crippen LogP contribution in [0.2, 0.25) is 0 Å². The van der Waals surface area contributed by atoms with Crippen molar-refractivity contribution in [3.8, 4) is 0 Å². The molecular weight excluding hydrogens is 100 g/mol. The highest BCUT2D eigenvalue weighted by Crippen LogP contribution is 1.29. The molecule has 0 atom stereocenters. The lowest BCUT2D eigenvalue weighted by molar-refractivity contribution is -0.0992. The van der Waals surface area contributed by atoms with Crippen LogP contribution in [0.5, 0.6) is 0 Å². The van der Waals surface area contributed by atoms with Gasteiger partial charge in [0.05, 0.1) is 0 Å². The summed E-state index contributed by atoms with van der Waals surface area (Å²) in [6.07, 6.45) is 0. The fraction of sp³-hybridized carbons (Fsp3) is 0. The zero-order chi connectivity index (χ0) is 5.41. The third-order valence-electron chi connectivity index (χ3n) is 0. The first-order valence-electron chi connectivity index (χ1n) is 0.893. The van der Waals surface area contributed by atoms with Crippen molar-refractivity contribution in [3.63, 3.8) is 0 Å². The van der Waals surface area contributed by atoms with E-state index in [0.29, 0.717) is 0 Å².